The highest BCUT2D eigenvalue weighted by atomic mass is 31.3. The zero-order valence-electron chi connectivity index (χ0n) is 20.8. The van der Waals surface area contributed by atoms with Crippen molar-refractivity contribution in [2.24, 2.45) is 0 Å². The molecule has 3 unspecified atom stereocenters. The molecular formula is C24H27N3O11P2. The van der Waals surface area contributed by atoms with Gasteiger partial charge in [0.25, 0.3) is 5.56 Å². The first-order valence-electron chi connectivity index (χ1n) is 12.1. The first-order valence-corrected chi connectivity index (χ1v) is 15.4. The number of aromatic amines is 1. The minimum absolute atomic E-state index is 0.358. The van der Waals surface area contributed by atoms with E-state index in [2.05, 4.69) is 9.29 Å². The van der Waals surface area contributed by atoms with Crippen LogP contribution in [0.25, 0.3) is 0 Å². The fraction of sp³-hybridized carbons (Fsp3) is 0.333. The first kappa shape index (κ1) is 28.6. The van der Waals surface area contributed by atoms with Crippen LogP contribution in [-0.4, -0.2) is 50.5 Å². The molecule has 214 valence electrons. The van der Waals surface area contributed by atoms with Crippen LogP contribution in [0.3, 0.4) is 0 Å². The van der Waals surface area contributed by atoms with Gasteiger partial charge in [-0.05, 0) is 23.3 Å². The topological polar surface area (TPSA) is 202 Å². The Morgan fingerprint density at radius 1 is 0.925 bits per heavy atom. The van der Waals surface area contributed by atoms with Crippen LogP contribution in [0.15, 0.2) is 76.4 Å². The maximum Gasteiger partial charge on any atom is 0.479 e. The van der Waals surface area contributed by atoms with E-state index in [-0.39, 0.29) is 0 Å². The first-order chi connectivity index (χ1) is 19.0. The monoisotopic (exact) mass is 595 g/mol. The maximum absolute atomic E-state index is 12.6. The zero-order valence-corrected chi connectivity index (χ0v) is 22.6. The van der Waals surface area contributed by atoms with Crippen molar-refractivity contribution < 1.29 is 42.0 Å². The van der Waals surface area contributed by atoms with Crippen molar-refractivity contribution in [3.05, 3.63) is 98.8 Å². The summed E-state index contributed by atoms with van der Waals surface area (Å²) in [5.41, 5.74) is 5.96. The number of fused-ring (bicyclic) bond motifs is 1. The summed E-state index contributed by atoms with van der Waals surface area (Å²) in [4.78, 5) is 46.6. The molecule has 5 N–H and O–H groups in total. The number of nitrogens with two attached hydrogens (primary N) is 1. The minimum atomic E-state index is -5.06. The number of H-pyrrole nitrogens is 1. The Balaban J connectivity index is 1.29. The zero-order chi connectivity index (χ0) is 28.5. The van der Waals surface area contributed by atoms with Gasteiger partial charge in [0.15, 0.2) is 12.5 Å². The molecule has 2 aliphatic rings. The van der Waals surface area contributed by atoms with Crippen LogP contribution in [0, 0.1) is 0 Å². The molecule has 14 nitrogen and oxygen atoms in total. The third kappa shape index (κ3) is 6.87. The lowest BCUT2D eigenvalue weighted by atomic mass is 10.1. The summed E-state index contributed by atoms with van der Waals surface area (Å²) in [5.74, 6) is 0. The number of rotatable bonds is 10. The summed E-state index contributed by atoms with van der Waals surface area (Å²) in [5, 5.41) is 0. The van der Waals surface area contributed by atoms with E-state index in [1.54, 1.807) is 0 Å². The number of hydrogen-bond donors (Lipinski definition) is 4. The van der Waals surface area contributed by atoms with Crippen LogP contribution < -0.4 is 17.0 Å². The van der Waals surface area contributed by atoms with E-state index in [1.807, 2.05) is 30.3 Å². The van der Waals surface area contributed by atoms with Gasteiger partial charge in [-0.3, -0.25) is 23.4 Å². The predicted molar refractivity (Wildman–Crippen MR) is 140 cm³/mol. The third-order valence-corrected chi connectivity index (χ3v) is 9.35. The number of aromatic nitrogens is 2. The van der Waals surface area contributed by atoms with E-state index in [4.69, 9.17) is 24.5 Å². The second-order valence-corrected chi connectivity index (χ2v) is 12.7. The molecule has 0 radical (unpaired) electrons. The number of phosphoric ester groups is 1. The fourth-order valence-corrected chi connectivity index (χ4v) is 7.24. The molecule has 3 aromatic rings. The summed E-state index contributed by atoms with van der Waals surface area (Å²) in [6.45, 7) is -0.604. The van der Waals surface area contributed by atoms with Gasteiger partial charge >= 0.3 is 21.1 Å². The lowest BCUT2D eigenvalue weighted by molar-refractivity contribution is -0.150. The lowest BCUT2D eigenvalue weighted by Crippen LogP contribution is -2.36. The average molecular weight is 595 g/mol. The van der Waals surface area contributed by atoms with Gasteiger partial charge in [-0.1, -0.05) is 42.5 Å². The van der Waals surface area contributed by atoms with Crippen LogP contribution in [0.4, 0.5) is 5.69 Å². The largest absolute Gasteiger partial charge is 0.479 e. The quantitative estimate of drug-likeness (QED) is 0.196. The number of nitrogen functional groups attached to an aromatic ring is 1. The van der Waals surface area contributed by atoms with Crippen LogP contribution >= 0.6 is 15.4 Å². The molecule has 2 saturated heterocycles. The molecular weight excluding hydrogens is 568 g/mol. The molecule has 0 bridgehead atoms. The Kier molecular flexibility index (Phi) is 8.25. The smallest absolute Gasteiger partial charge is 0.399 e. The number of nitrogens with one attached hydrogen (secondary N) is 1. The fourth-order valence-electron chi connectivity index (χ4n) is 4.52. The van der Waals surface area contributed by atoms with Crippen molar-refractivity contribution in [2.45, 2.75) is 43.4 Å². The van der Waals surface area contributed by atoms with Crippen LogP contribution in [0.1, 0.15) is 17.4 Å². The second kappa shape index (κ2) is 11.5. The summed E-state index contributed by atoms with van der Waals surface area (Å²) in [6.07, 6.45) is -3.51. The molecule has 0 saturated carbocycles. The highest BCUT2D eigenvalue weighted by Crippen LogP contribution is 2.61. The van der Waals surface area contributed by atoms with Crippen molar-refractivity contribution >= 4 is 21.1 Å². The highest BCUT2D eigenvalue weighted by molar-refractivity contribution is 7.63. The van der Waals surface area contributed by atoms with E-state index in [0.29, 0.717) is 17.7 Å². The molecule has 3 heterocycles. The number of hydrogen-bond acceptors (Lipinski definition) is 10. The van der Waals surface area contributed by atoms with Gasteiger partial charge in [-0.25, -0.2) is 13.7 Å². The molecule has 5 rings (SSSR count). The summed E-state index contributed by atoms with van der Waals surface area (Å²) in [6, 6.07) is 16.5. The Bertz CT molecular complexity index is 1550. The van der Waals surface area contributed by atoms with E-state index < -0.39 is 70.3 Å². The van der Waals surface area contributed by atoms with Gasteiger partial charge in [0, 0.05) is 24.4 Å². The maximum atomic E-state index is 12.6. The minimum Gasteiger partial charge on any atom is -0.399 e. The Morgan fingerprint density at radius 3 is 2.33 bits per heavy atom. The lowest BCUT2D eigenvalue weighted by Gasteiger charge is -2.22. The summed E-state index contributed by atoms with van der Waals surface area (Å²) in [7, 11) is -9.67. The molecule has 0 aliphatic carbocycles. The Morgan fingerprint density at radius 2 is 1.62 bits per heavy atom. The van der Waals surface area contributed by atoms with Crippen LogP contribution in [-0.2, 0) is 44.8 Å². The molecule has 2 aromatic carbocycles. The molecule has 2 aliphatic heterocycles. The second-order valence-electron chi connectivity index (χ2n) is 9.29. The average Bonchev–Trinajstić information content (AvgIpc) is 3.43. The molecule has 0 spiro atoms. The van der Waals surface area contributed by atoms with Crippen LogP contribution in [0.5, 0.6) is 0 Å². The van der Waals surface area contributed by atoms with E-state index >= 15 is 0 Å². The molecule has 1 aromatic heterocycles. The summed E-state index contributed by atoms with van der Waals surface area (Å²) >= 11 is 0. The SMILES string of the molecule is Nc1ccc(CP(=O)(O)OP(=O)(O)OC[C@H]2O[C@@H](n3ccc(=O)[nH]c3=O)[C@H]3OC(Cc4ccccc4)O[C@H]32)cc1. The number of ether oxygens (including phenoxy) is 3. The van der Waals surface area contributed by atoms with Gasteiger partial charge in [0.2, 0.25) is 0 Å². The van der Waals surface area contributed by atoms with Crippen molar-refractivity contribution in [3.8, 4) is 0 Å². The third-order valence-electron chi connectivity index (χ3n) is 6.27. The molecule has 0 amide bonds. The number of nitrogens with zero attached hydrogens (tertiary/aromatic N) is 1. The molecule has 7 atom stereocenters. The number of benzene rings is 2. The van der Waals surface area contributed by atoms with Crippen molar-refractivity contribution in [2.75, 3.05) is 12.3 Å². The van der Waals surface area contributed by atoms with Gasteiger partial charge in [-0.2, -0.15) is 0 Å². The van der Waals surface area contributed by atoms with Gasteiger partial charge < -0.3 is 29.7 Å². The molecule has 40 heavy (non-hydrogen) atoms. The van der Waals surface area contributed by atoms with Crippen molar-refractivity contribution in [1.82, 2.24) is 9.55 Å². The Hall–Kier alpha value is -2.90. The Labute approximate surface area is 227 Å². The molecule has 2 fully saturated rings. The van der Waals surface area contributed by atoms with Crippen molar-refractivity contribution in [1.29, 1.82) is 0 Å². The van der Waals surface area contributed by atoms with Gasteiger partial charge in [0.05, 0.1) is 12.8 Å². The predicted octanol–water partition coefficient (Wildman–Crippen LogP) is 1.89. The standard InChI is InChI=1S/C24H27N3O11P2/c25-17-8-6-16(7-9-17)14-39(30,31)38-40(32,33)34-13-18-21-22(23(35-18)27-11-10-19(28)26-24(27)29)37-20(36-21)12-15-4-2-1-3-5-15/h1-11,18,20-23H,12-14,25H2,(H,30,31)(H,32,33)(H,26,28,29)/t18-,20?,21+,22+,23-/m1/s1. The normalized spacial score (nSPS) is 27.1. The van der Waals surface area contributed by atoms with Crippen molar-refractivity contribution in [3.63, 3.8) is 0 Å². The van der Waals surface area contributed by atoms with E-state index in [0.717, 1.165) is 16.2 Å². The summed E-state index contributed by atoms with van der Waals surface area (Å²) < 4.78 is 53.9. The highest BCUT2D eigenvalue weighted by Gasteiger charge is 2.54. The van der Waals surface area contributed by atoms with Gasteiger partial charge in [0.1, 0.15) is 18.3 Å². The van der Waals surface area contributed by atoms with Crippen LogP contribution in [0.2, 0.25) is 0 Å². The van der Waals surface area contributed by atoms with Gasteiger partial charge in [-0.15, -0.1) is 0 Å². The van der Waals surface area contributed by atoms with E-state index in [9.17, 15) is 28.5 Å². The van der Waals surface area contributed by atoms with E-state index in [1.165, 1.54) is 30.5 Å². The number of phosphoric acid groups is 1. The molecule has 16 heteroatoms. The number of anilines is 1.